The second-order valence-electron chi connectivity index (χ2n) is 5.34. The number of hydrogen-bond donors (Lipinski definition) is 0. The van der Waals surface area contributed by atoms with Crippen LogP contribution in [0.3, 0.4) is 0 Å². The monoisotopic (exact) mass is 385 g/mol. The highest BCUT2D eigenvalue weighted by Gasteiger charge is 2.16. The molecule has 0 saturated heterocycles. The van der Waals surface area contributed by atoms with Gasteiger partial charge in [0.05, 0.1) is 23.3 Å². The van der Waals surface area contributed by atoms with Gasteiger partial charge in [-0.15, -0.1) is 21.5 Å². The number of thiophene rings is 1. The molecule has 9 heteroatoms. The zero-order valence-corrected chi connectivity index (χ0v) is 15.8. The number of nitrogens with zero attached hydrogens (tertiary/aromatic N) is 5. The van der Waals surface area contributed by atoms with Gasteiger partial charge in [-0.1, -0.05) is 35.1 Å². The Morgan fingerprint density at radius 1 is 1.19 bits per heavy atom. The Labute approximate surface area is 158 Å². The largest absolute Gasteiger partial charge is 0.496 e. The number of hydrogen-bond acceptors (Lipinski definition) is 8. The second kappa shape index (κ2) is 7.30. The van der Waals surface area contributed by atoms with E-state index in [1.807, 2.05) is 53.4 Å². The van der Waals surface area contributed by atoms with Crippen LogP contribution in [0.5, 0.6) is 5.75 Å². The molecule has 0 fully saturated rings. The molecule has 4 rings (SSSR count). The first-order chi connectivity index (χ1) is 12.8. The molecule has 0 radical (unpaired) electrons. The SMILES string of the molecule is COc1ccccc1-c1nnc(SCc2nc(-c3cccs3)no2)n1C. The molecular weight excluding hydrogens is 370 g/mol. The molecule has 0 aliphatic carbocycles. The molecular formula is C17H15N5O2S2. The van der Waals surface area contributed by atoms with Gasteiger partial charge in [0, 0.05) is 7.05 Å². The number of para-hydroxylation sites is 1. The van der Waals surface area contributed by atoms with Crippen LogP contribution in [0.2, 0.25) is 0 Å². The van der Waals surface area contributed by atoms with Crippen LogP contribution in [0.15, 0.2) is 51.5 Å². The maximum Gasteiger partial charge on any atom is 0.237 e. The van der Waals surface area contributed by atoms with Crippen molar-refractivity contribution in [2.24, 2.45) is 7.05 Å². The van der Waals surface area contributed by atoms with Gasteiger partial charge in [0.25, 0.3) is 0 Å². The highest BCUT2D eigenvalue weighted by molar-refractivity contribution is 7.98. The van der Waals surface area contributed by atoms with Crippen molar-refractivity contribution in [1.82, 2.24) is 24.9 Å². The summed E-state index contributed by atoms with van der Waals surface area (Å²) in [5, 5.41) is 15.3. The smallest absolute Gasteiger partial charge is 0.237 e. The molecule has 0 unspecified atom stereocenters. The van der Waals surface area contributed by atoms with Crippen molar-refractivity contribution >= 4 is 23.1 Å². The summed E-state index contributed by atoms with van der Waals surface area (Å²) in [4.78, 5) is 5.41. The van der Waals surface area contributed by atoms with Crippen LogP contribution in [0.1, 0.15) is 5.89 Å². The van der Waals surface area contributed by atoms with Crippen molar-refractivity contribution in [1.29, 1.82) is 0 Å². The molecule has 0 amide bonds. The summed E-state index contributed by atoms with van der Waals surface area (Å²) in [5.41, 5.74) is 0.898. The van der Waals surface area contributed by atoms with Crippen LogP contribution in [0.25, 0.3) is 22.1 Å². The molecule has 26 heavy (non-hydrogen) atoms. The molecule has 0 spiro atoms. The van der Waals surface area contributed by atoms with Crippen molar-refractivity contribution in [2.45, 2.75) is 10.9 Å². The molecule has 132 valence electrons. The van der Waals surface area contributed by atoms with Gasteiger partial charge in [-0.2, -0.15) is 4.98 Å². The van der Waals surface area contributed by atoms with Crippen LogP contribution in [0.4, 0.5) is 0 Å². The van der Waals surface area contributed by atoms with Crippen molar-refractivity contribution in [3.63, 3.8) is 0 Å². The van der Waals surface area contributed by atoms with Crippen molar-refractivity contribution < 1.29 is 9.26 Å². The third-order valence-corrected chi connectivity index (χ3v) is 5.59. The Balaban J connectivity index is 1.51. The van der Waals surface area contributed by atoms with Gasteiger partial charge in [0.15, 0.2) is 11.0 Å². The van der Waals surface area contributed by atoms with Gasteiger partial charge in [-0.05, 0) is 23.6 Å². The summed E-state index contributed by atoms with van der Waals surface area (Å²) in [6.45, 7) is 0. The van der Waals surface area contributed by atoms with Crippen LogP contribution >= 0.6 is 23.1 Å². The summed E-state index contributed by atoms with van der Waals surface area (Å²) in [5.74, 6) is 3.20. The topological polar surface area (TPSA) is 78.9 Å². The van der Waals surface area contributed by atoms with Gasteiger partial charge in [0.2, 0.25) is 11.7 Å². The van der Waals surface area contributed by atoms with E-state index in [0.717, 1.165) is 27.2 Å². The lowest BCUT2D eigenvalue weighted by Gasteiger charge is -2.07. The minimum absolute atomic E-state index is 0.524. The van der Waals surface area contributed by atoms with E-state index in [2.05, 4.69) is 20.3 Å². The van der Waals surface area contributed by atoms with E-state index in [0.29, 0.717) is 17.5 Å². The summed E-state index contributed by atoms with van der Waals surface area (Å²) in [6, 6.07) is 11.7. The van der Waals surface area contributed by atoms with E-state index in [4.69, 9.17) is 9.26 Å². The molecule has 7 nitrogen and oxygen atoms in total. The average Bonchev–Trinajstić information content (AvgIpc) is 3.41. The third-order valence-electron chi connectivity index (χ3n) is 3.72. The Kier molecular flexibility index (Phi) is 4.72. The normalized spacial score (nSPS) is 11.0. The first-order valence-corrected chi connectivity index (χ1v) is 9.65. The number of ether oxygens (including phenoxy) is 1. The maximum absolute atomic E-state index is 5.41. The summed E-state index contributed by atoms with van der Waals surface area (Å²) in [7, 11) is 3.57. The van der Waals surface area contributed by atoms with Crippen molar-refractivity contribution in [3.05, 3.63) is 47.7 Å². The Morgan fingerprint density at radius 3 is 2.88 bits per heavy atom. The Morgan fingerprint density at radius 2 is 2.08 bits per heavy atom. The van der Waals surface area contributed by atoms with E-state index in [9.17, 15) is 0 Å². The fourth-order valence-corrected chi connectivity index (χ4v) is 3.85. The Bertz CT molecular complexity index is 1010. The number of thioether (sulfide) groups is 1. The molecule has 1 aromatic carbocycles. The van der Waals surface area contributed by atoms with Crippen LogP contribution in [-0.4, -0.2) is 32.0 Å². The molecule has 3 heterocycles. The number of aromatic nitrogens is 5. The van der Waals surface area contributed by atoms with E-state index >= 15 is 0 Å². The number of rotatable bonds is 6. The van der Waals surface area contributed by atoms with Crippen LogP contribution in [-0.2, 0) is 12.8 Å². The highest BCUT2D eigenvalue weighted by Crippen LogP contribution is 2.31. The lowest BCUT2D eigenvalue weighted by molar-refractivity contribution is 0.391. The zero-order valence-electron chi connectivity index (χ0n) is 14.1. The molecule has 4 aromatic rings. The lowest BCUT2D eigenvalue weighted by Crippen LogP contribution is -1.97. The minimum Gasteiger partial charge on any atom is -0.496 e. The summed E-state index contributed by atoms with van der Waals surface area (Å²) < 4.78 is 12.7. The van der Waals surface area contributed by atoms with Gasteiger partial charge in [-0.25, -0.2) is 0 Å². The zero-order chi connectivity index (χ0) is 17.9. The summed E-state index contributed by atoms with van der Waals surface area (Å²) in [6.07, 6.45) is 0. The van der Waals surface area contributed by atoms with Crippen molar-refractivity contribution in [3.8, 4) is 27.8 Å². The molecule has 0 aliphatic heterocycles. The van der Waals surface area contributed by atoms with E-state index in [1.165, 1.54) is 11.8 Å². The average molecular weight is 385 g/mol. The van der Waals surface area contributed by atoms with Gasteiger partial charge in [-0.3, -0.25) is 0 Å². The third kappa shape index (κ3) is 3.23. The fraction of sp³-hybridized carbons (Fsp3) is 0.176. The number of methoxy groups -OCH3 is 1. The predicted molar refractivity (Wildman–Crippen MR) is 100 cm³/mol. The molecule has 0 saturated carbocycles. The van der Waals surface area contributed by atoms with E-state index < -0.39 is 0 Å². The van der Waals surface area contributed by atoms with Gasteiger partial charge < -0.3 is 13.8 Å². The number of benzene rings is 1. The van der Waals surface area contributed by atoms with Crippen LogP contribution < -0.4 is 4.74 Å². The maximum atomic E-state index is 5.41. The van der Waals surface area contributed by atoms with Gasteiger partial charge >= 0.3 is 0 Å². The van der Waals surface area contributed by atoms with E-state index in [1.54, 1.807) is 18.4 Å². The molecule has 3 aromatic heterocycles. The highest BCUT2D eigenvalue weighted by atomic mass is 32.2. The van der Waals surface area contributed by atoms with Crippen molar-refractivity contribution in [2.75, 3.05) is 7.11 Å². The molecule has 0 N–H and O–H groups in total. The predicted octanol–water partition coefficient (Wildman–Crippen LogP) is 3.89. The minimum atomic E-state index is 0.524. The van der Waals surface area contributed by atoms with E-state index in [-0.39, 0.29) is 0 Å². The molecule has 0 bridgehead atoms. The molecule has 0 atom stereocenters. The summed E-state index contributed by atoms with van der Waals surface area (Å²) >= 11 is 3.08. The fourth-order valence-electron chi connectivity index (χ4n) is 2.45. The standard InChI is InChI=1S/C17H15N5O2S2/c1-22-16(11-6-3-4-7-12(11)23-2)19-20-17(22)26-10-14-18-15(21-24-14)13-8-5-9-25-13/h3-9H,10H2,1-2H3. The second-order valence-corrected chi connectivity index (χ2v) is 7.23. The van der Waals surface area contributed by atoms with Crippen LogP contribution in [0, 0.1) is 0 Å². The molecule has 0 aliphatic rings. The lowest BCUT2D eigenvalue weighted by atomic mass is 10.2. The van der Waals surface area contributed by atoms with Gasteiger partial charge in [0.1, 0.15) is 5.75 Å². The first-order valence-electron chi connectivity index (χ1n) is 7.78. The quantitative estimate of drug-likeness (QED) is 0.466. The first kappa shape index (κ1) is 16.8. The Hall–Kier alpha value is -2.65.